The predicted octanol–water partition coefficient (Wildman–Crippen LogP) is 3.45. The van der Waals surface area contributed by atoms with Crippen molar-refractivity contribution < 1.29 is 41.4 Å². The normalized spacial score (nSPS) is 14.2. The van der Waals surface area contributed by atoms with E-state index in [9.17, 15) is 36.2 Å². The molecule has 1 unspecified atom stereocenters. The average Bonchev–Trinajstić information content (AvgIpc) is 2.23. The Bertz CT molecular complexity index is 537. The van der Waals surface area contributed by atoms with Gasteiger partial charge in [0.15, 0.2) is 6.10 Å². The van der Waals surface area contributed by atoms with E-state index < -0.39 is 41.1 Å². The maximum Gasteiger partial charge on any atom is 0.417 e. The van der Waals surface area contributed by atoms with Crippen LogP contribution < -0.4 is 0 Å². The van der Waals surface area contributed by atoms with Crippen LogP contribution in [0.25, 0.3) is 0 Å². The molecule has 20 heavy (non-hydrogen) atoms. The van der Waals surface area contributed by atoms with Gasteiger partial charge in [-0.05, 0) is 34.7 Å². The van der Waals surface area contributed by atoms with Crippen LogP contribution >= 0.6 is 22.6 Å². The van der Waals surface area contributed by atoms with Crippen molar-refractivity contribution in [3.63, 3.8) is 0 Å². The first kappa shape index (κ1) is 17.0. The van der Waals surface area contributed by atoms with Crippen molar-refractivity contribution in [3.8, 4) is 0 Å². The van der Waals surface area contributed by atoms with Crippen molar-refractivity contribution in [1.82, 2.24) is 0 Å². The molecule has 0 heterocycles. The summed E-state index contributed by atoms with van der Waals surface area (Å²) in [5.41, 5.74) is -5.57. The zero-order valence-corrected chi connectivity index (χ0v) is 11.3. The first-order valence-electron chi connectivity index (χ1n) is 4.74. The number of aliphatic hydroxyl groups is 1. The highest BCUT2D eigenvalue weighted by molar-refractivity contribution is 14.1. The lowest BCUT2D eigenvalue weighted by molar-refractivity contribution is -0.164. The number of aliphatic carboxylic acids is 1. The monoisotopic (exact) mass is 414 g/mol. The fourth-order valence-corrected chi connectivity index (χ4v) is 2.16. The smallest absolute Gasteiger partial charge is 0.417 e. The van der Waals surface area contributed by atoms with E-state index in [0.29, 0.717) is 6.07 Å². The molecule has 1 aromatic carbocycles. The van der Waals surface area contributed by atoms with Crippen molar-refractivity contribution in [2.45, 2.75) is 18.5 Å². The van der Waals surface area contributed by atoms with Crippen molar-refractivity contribution in [1.29, 1.82) is 0 Å². The molecule has 0 saturated heterocycles. The fraction of sp³-hybridized carbons (Fsp3) is 0.300. The topological polar surface area (TPSA) is 57.5 Å². The summed E-state index contributed by atoms with van der Waals surface area (Å²) >= 11 is 1.30. The molecule has 0 spiro atoms. The Morgan fingerprint density at radius 3 is 1.95 bits per heavy atom. The van der Waals surface area contributed by atoms with E-state index >= 15 is 0 Å². The third-order valence-electron chi connectivity index (χ3n) is 2.25. The third-order valence-corrected chi connectivity index (χ3v) is 2.87. The van der Waals surface area contributed by atoms with Gasteiger partial charge in [-0.2, -0.15) is 26.3 Å². The van der Waals surface area contributed by atoms with E-state index in [1.165, 1.54) is 22.6 Å². The lowest BCUT2D eigenvalue weighted by Gasteiger charge is -2.21. The molecule has 0 aliphatic rings. The summed E-state index contributed by atoms with van der Waals surface area (Å²) in [5, 5.41) is 17.7. The predicted molar refractivity (Wildman–Crippen MR) is 61.8 cm³/mol. The number of aliphatic hydroxyl groups excluding tert-OH is 1. The van der Waals surface area contributed by atoms with Crippen LogP contribution in [0.5, 0.6) is 0 Å². The minimum Gasteiger partial charge on any atom is -0.479 e. The van der Waals surface area contributed by atoms with Crippen LogP contribution in [0.3, 0.4) is 0 Å². The van der Waals surface area contributed by atoms with Crippen LogP contribution in [-0.4, -0.2) is 16.2 Å². The zero-order chi connectivity index (χ0) is 15.9. The minimum atomic E-state index is -5.46. The first-order valence-corrected chi connectivity index (χ1v) is 5.82. The molecule has 2 N–H and O–H groups in total. The second kappa shape index (κ2) is 5.39. The standard InChI is InChI=1S/C10H5F6IO3/c11-9(12,13)5-2-3(17)1-4(7(18)8(19)20)6(5)10(14,15)16/h1-2,7,18H,(H,19,20). The number of carboxylic acids is 1. The van der Waals surface area contributed by atoms with E-state index in [0.717, 1.165) is 0 Å². The molecule has 0 radical (unpaired) electrons. The Labute approximate surface area is 121 Å². The Balaban J connectivity index is 3.75. The van der Waals surface area contributed by atoms with Crippen molar-refractivity contribution in [2.24, 2.45) is 0 Å². The summed E-state index contributed by atoms with van der Waals surface area (Å²) < 4.78 is 76.1. The van der Waals surface area contributed by atoms with Gasteiger partial charge in [-0.25, -0.2) is 4.79 Å². The molecule has 1 atom stereocenters. The van der Waals surface area contributed by atoms with Crippen LogP contribution in [0.4, 0.5) is 26.3 Å². The second-order valence-electron chi connectivity index (χ2n) is 3.65. The lowest BCUT2D eigenvalue weighted by Crippen LogP contribution is -2.23. The van der Waals surface area contributed by atoms with Crippen molar-refractivity contribution in [3.05, 3.63) is 32.4 Å². The fourth-order valence-electron chi connectivity index (χ4n) is 1.52. The molecule has 0 amide bonds. The van der Waals surface area contributed by atoms with E-state index in [1.807, 2.05) is 0 Å². The summed E-state index contributed by atoms with van der Waals surface area (Å²) in [5.74, 6) is -2.08. The number of alkyl halides is 6. The van der Waals surface area contributed by atoms with Crippen LogP contribution in [0.15, 0.2) is 12.1 Å². The second-order valence-corrected chi connectivity index (χ2v) is 4.90. The van der Waals surface area contributed by atoms with E-state index in [1.54, 1.807) is 0 Å². The van der Waals surface area contributed by atoms with E-state index in [2.05, 4.69) is 0 Å². The molecular formula is C10H5F6IO3. The molecular weight excluding hydrogens is 409 g/mol. The van der Waals surface area contributed by atoms with Gasteiger partial charge in [0.25, 0.3) is 0 Å². The summed E-state index contributed by atoms with van der Waals surface area (Å²) in [6.07, 6.45) is -13.5. The number of halogens is 7. The maximum atomic E-state index is 12.8. The molecule has 0 aromatic heterocycles. The van der Waals surface area contributed by atoms with Crippen molar-refractivity contribution >= 4 is 28.6 Å². The quantitative estimate of drug-likeness (QED) is 0.576. The van der Waals surface area contributed by atoms with Crippen LogP contribution in [0, 0.1) is 3.57 Å². The third kappa shape index (κ3) is 3.53. The molecule has 0 aliphatic heterocycles. The zero-order valence-electron chi connectivity index (χ0n) is 9.18. The van der Waals surface area contributed by atoms with Gasteiger partial charge in [0.2, 0.25) is 0 Å². The Hall–Kier alpha value is -1.04. The van der Waals surface area contributed by atoms with Gasteiger partial charge in [0.05, 0.1) is 11.1 Å². The number of rotatable bonds is 2. The maximum absolute atomic E-state index is 12.8. The van der Waals surface area contributed by atoms with Gasteiger partial charge in [-0.3, -0.25) is 0 Å². The summed E-state index contributed by atoms with van der Waals surface area (Å²) in [6, 6.07) is 0.791. The molecule has 3 nitrogen and oxygen atoms in total. The SMILES string of the molecule is O=C(O)C(O)c1cc(I)cc(C(F)(F)F)c1C(F)(F)F. The van der Waals surface area contributed by atoms with Gasteiger partial charge in [0.1, 0.15) is 0 Å². The van der Waals surface area contributed by atoms with Gasteiger partial charge in [-0.15, -0.1) is 0 Å². The largest absolute Gasteiger partial charge is 0.479 e. The highest BCUT2D eigenvalue weighted by Gasteiger charge is 2.46. The van der Waals surface area contributed by atoms with Gasteiger partial charge >= 0.3 is 18.3 Å². The molecule has 1 rings (SSSR count). The van der Waals surface area contributed by atoms with Crippen molar-refractivity contribution in [2.75, 3.05) is 0 Å². The molecule has 10 heteroatoms. The highest BCUT2D eigenvalue weighted by atomic mass is 127. The summed E-state index contributed by atoms with van der Waals surface area (Å²) in [6.45, 7) is 0. The van der Waals surface area contributed by atoms with Gasteiger partial charge in [-0.1, -0.05) is 0 Å². The molecule has 1 aromatic rings. The van der Waals surface area contributed by atoms with Crippen LogP contribution in [-0.2, 0) is 17.1 Å². The van der Waals surface area contributed by atoms with E-state index in [4.69, 9.17) is 5.11 Å². The number of carbonyl (C=O) groups is 1. The Morgan fingerprint density at radius 2 is 1.60 bits per heavy atom. The van der Waals surface area contributed by atoms with E-state index in [-0.39, 0.29) is 9.64 Å². The molecule has 112 valence electrons. The summed E-state index contributed by atoms with van der Waals surface area (Å²) in [7, 11) is 0. The number of hydrogen-bond acceptors (Lipinski definition) is 2. The number of benzene rings is 1. The highest BCUT2D eigenvalue weighted by Crippen LogP contribution is 2.44. The molecule has 0 saturated carbocycles. The Morgan fingerprint density at radius 1 is 1.10 bits per heavy atom. The van der Waals surface area contributed by atoms with Gasteiger partial charge < -0.3 is 10.2 Å². The first-order chi connectivity index (χ1) is 8.85. The molecule has 0 aliphatic carbocycles. The molecule has 0 fully saturated rings. The number of carboxylic acid groups (broad SMARTS) is 1. The molecule has 0 bridgehead atoms. The van der Waals surface area contributed by atoms with Crippen LogP contribution in [0.2, 0.25) is 0 Å². The Kier molecular flexibility index (Phi) is 4.58. The average molecular weight is 414 g/mol. The number of hydrogen-bond donors (Lipinski definition) is 2. The van der Waals surface area contributed by atoms with Crippen LogP contribution in [0.1, 0.15) is 22.8 Å². The lowest BCUT2D eigenvalue weighted by atomic mass is 9.96. The summed E-state index contributed by atoms with van der Waals surface area (Å²) in [4.78, 5) is 10.6. The minimum absolute atomic E-state index is 0.238. The van der Waals surface area contributed by atoms with Gasteiger partial charge in [0, 0.05) is 9.13 Å².